The van der Waals surface area contributed by atoms with Crippen molar-refractivity contribution < 1.29 is 19.2 Å². The van der Waals surface area contributed by atoms with E-state index >= 15 is 0 Å². The maximum absolute atomic E-state index is 12.0. The Kier molecular flexibility index (Phi) is 6.10. The van der Waals surface area contributed by atoms with Gasteiger partial charge in [0.15, 0.2) is 0 Å². The first-order chi connectivity index (χ1) is 11.1. The van der Waals surface area contributed by atoms with Gasteiger partial charge in [-0.1, -0.05) is 18.2 Å². The summed E-state index contributed by atoms with van der Waals surface area (Å²) in [5, 5.41) is 0. The number of nitrogens with one attached hydrogen (secondary N) is 1. The Hall–Kier alpha value is -2.41. The summed E-state index contributed by atoms with van der Waals surface area (Å²) in [7, 11) is 0. The third kappa shape index (κ3) is 5.07. The first-order valence-electron chi connectivity index (χ1n) is 7.67. The number of carbonyl (C=O) groups is 3. The van der Waals surface area contributed by atoms with Crippen LogP contribution in [0.15, 0.2) is 30.3 Å². The van der Waals surface area contributed by atoms with Gasteiger partial charge in [-0.05, 0) is 31.4 Å². The lowest BCUT2D eigenvalue weighted by atomic mass is 10.1. The summed E-state index contributed by atoms with van der Waals surface area (Å²) in [5.41, 5.74) is 8.23. The Balaban J connectivity index is 1.68. The van der Waals surface area contributed by atoms with Crippen LogP contribution in [0, 0.1) is 0 Å². The molecule has 0 spiro atoms. The third-order valence-corrected chi connectivity index (χ3v) is 3.68. The van der Waals surface area contributed by atoms with Crippen molar-refractivity contribution in [3.05, 3.63) is 35.9 Å². The fourth-order valence-corrected chi connectivity index (χ4v) is 2.37. The summed E-state index contributed by atoms with van der Waals surface area (Å²) in [6.45, 7) is 1.46. The molecule has 1 aromatic carbocycles. The van der Waals surface area contributed by atoms with E-state index in [1.165, 1.54) is 0 Å². The largest absolute Gasteiger partial charge is 0.362 e. The molecule has 1 atom stereocenters. The zero-order chi connectivity index (χ0) is 16.7. The zero-order valence-corrected chi connectivity index (χ0v) is 12.9. The van der Waals surface area contributed by atoms with Gasteiger partial charge in [-0.25, -0.2) is 4.79 Å². The highest BCUT2D eigenvalue weighted by Gasteiger charge is 2.24. The van der Waals surface area contributed by atoms with Gasteiger partial charge in [0, 0.05) is 19.5 Å². The molecule has 2 amide bonds. The van der Waals surface area contributed by atoms with E-state index in [9.17, 15) is 14.4 Å². The van der Waals surface area contributed by atoms with Crippen molar-refractivity contribution >= 4 is 17.8 Å². The number of hydrogen-bond donors (Lipinski definition) is 2. The molecule has 1 aromatic rings. The van der Waals surface area contributed by atoms with Gasteiger partial charge in [-0.3, -0.25) is 9.59 Å². The molecule has 0 unspecified atom stereocenters. The van der Waals surface area contributed by atoms with Crippen molar-refractivity contribution in [2.24, 2.45) is 5.73 Å². The monoisotopic (exact) mass is 319 g/mol. The molecule has 3 N–H and O–H groups in total. The second-order valence-corrected chi connectivity index (χ2v) is 5.46. The average molecular weight is 319 g/mol. The standard InChI is InChI=1S/C16H21N3O4/c17-13(15(21)19-10-4-5-11-19)8-9-14(20)18-23-16(22)12-6-2-1-3-7-12/h1-3,6-7,13H,4-5,8-11,17H2,(H,18,20)/t13-/m0/s1. The van der Waals surface area contributed by atoms with Gasteiger partial charge in [0.05, 0.1) is 11.6 Å². The van der Waals surface area contributed by atoms with Crippen molar-refractivity contribution in [1.82, 2.24) is 10.4 Å². The molecule has 1 saturated heterocycles. The Labute approximate surface area is 134 Å². The van der Waals surface area contributed by atoms with Crippen molar-refractivity contribution in [3.63, 3.8) is 0 Å². The number of nitrogens with two attached hydrogens (primary N) is 1. The van der Waals surface area contributed by atoms with Crippen LogP contribution in [0.2, 0.25) is 0 Å². The normalized spacial score (nSPS) is 15.1. The Morgan fingerprint density at radius 1 is 1.17 bits per heavy atom. The number of hydroxylamine groups is 1. The fourth-order valence-electron chi connectivity index (χ4n) is 2.37. The van der Waals surface area contributed by atoms with Gasteiger partial charge in [0.25, 0.3) is 5.91 Å². The lowest BCUT2D eigenvalue weighted by Gasteiger charge is -2.19. The van der Waals surface area contributed by atoms with Gasteiger partial charge in [0.1, 0.15) is 0 Å². The number of rotatable bonds is 5. The van der Waals surface area contributed by atoms with E-state index in [1.54, 1.807) is 35.2 Å². The number of likely N-dealkylation sites (tertiary alicyclic amines) is 1. The van der Waals surface area contributed by atoms with Gasteiger partial charge in [-0.15, -0.1) is 0 Å². The summed E-state index contributed by atoms with van der Waals surface area (Å²) < 4.78 is 0. The number of nitrogens with zero attached hydrogens (tertiary/aromatic N) is 1. The molecule has 0 aliphatic carbocycles. The maximum Gasteiger partial charge on any atom is 0.362 e. The summed E-state index contributed by atoms with van der Waals surface area (Å²) in [5.74, 6) is -1.26. The van der Waals surface area contributed by atoms with Crippen LogP contribution < -0.4 is 11.2 Å². The molecule has 1 aliphatic rings. The van der Waals surface area contributed by atoms with Crippen LogP contribution in [-0.2, 0) is 14.4 Å². The van der Waals surface area contributed by atoms with Gasteiger partial charge in [-0.2, -0.15) is 5.48 Å². The molecule has 23 heavy (non-hydrogen) atoms. The molecule has 2 rings (SSSR count). The Morgan fingerprint density at radius 3 is 2.48 bits per heavy atom. The molecule has 7 heteroatoms. The van der Waals surface area contributed by atoms with Crippen LogP contribution in [0.3, 0.4) is 0 Å². The molecule has 0 aromatic heterocycles. The van der Waals surface area contributed by atoms with Crippen LogP contribution in [0.1, 0.15) is 36.0 Å². The summed E-state index contributed by atoms with van der Waals surface area (Å²) in [4.78, 5) is 41.7. The number of hydrogen-bond acceptors (Lipinski definition) is 5. The highest BCUT2D eigenvalue weighted by molar-refractivity contribution is 5.90. The van der Waals surface area contributed by atoms with E-state index in [-0.39, 0.29) is 18.7 Å². The van der Waals surface area contributed by atoms with E-state index in [2.05, 4.69) is 5.48 Å². The molecular weight excluding hydrogens is 298 g/mol. The lowest BCUT2D eigenvalue weighted by molar-refractivity contribution is -0.132. The molecule has 124 valence electrons. The molecule has 1 aliphatic heterocycles. The van der Waals surface area contributed by atoms with Crippen LogP contribution in [-0.4, -0.2) is 41.8 Å². The Morgan fingerprint density at radius 2 is 1.83 bits per heavy atom. The number of amides is 2. The topological polar surface area (TPSA) is 102 Å². The minimum absolute atomic E-state index is 0.0167. The fraction of sp³-hybridized carbons (Fsp3) is 0.438. The number of benzene rings is 1. The SMILES string of the molecule is N[C@@H](CCC(=O)NOC(=O)c1ccccc1)C(=O)N1CCCC1. The van der Waals surface area contributed by atoms with Crippen molar-refractivity contribution in [2.45, 2.75) is 31.7 Å². The lowest BCUT2D eigenvalue weighted by Crippen LogP contribution is -2.43. The maximum atomic E-state index is 12.0. The van der Waals surface area contributed by atoms with E-state index in [4.69, 9.17) is 10.6 Å². The van der Waals surface area contributed by atoms with Crippen molar-refractivity contribution in [3.8, 4) is 0 Å². The quantitative estimate of drug-likeness (QED) is 0.774. The van der Waals surface area contributed by atoms with Gasteiger partial charge in [0.2, 0.25) is 5.91 Å². The zero-order valence-electron chi connectivity index (χ0n) is 12.9. The van der Waals surface area contributed by atoms with E-state index in [0.717, 1.165) is 25.9 Å². The molecular formula is C16H21N3O4. The van der Waals surface area contributed by atoms with Gasteiger partial charge < -0.3 is 15.5 Å². The van der Waals surface area contributed by atoms with Crippen LogP contribution in [0.25, 0.3) is 0 Å². The molecule has 7 nitrogen and oxygen atoms in total. The van der Waals surface area contributed by atoms with Crippen molar-refractivity contribution in [2.75, 3.05) is 13.1 Å². The predicted molar refractivity (Wildman–Crippen MR) is 83.0 cm³/mol. The van der Waals surface area contributed by atoms with E-state index in [0.29, 0.717) is 5.56 Å². The molecule has 1 heterocycles. The van der Waals surface area contributed by atoms with Crippen LogP contribution in [0.5, 0.6) is 0 Å². The second-order valence-electron chi connectivity index (χ2n) is 5.46. The molecule has 0 bridgehead atoms. The molecule has 0 saturated carbocycles. The van der Waals surface area contributed by atoms with Gasteiger partial charge >= 0.3 is 5.97 Å². The minimum atomic E-state index is -0.705. The smallest absolute Gasteiger partial charge is 0.341 e. The summed E-state index contributed by atoms with van der Waals surface area (Å²) in [6, 6.07) is 7.62. The first kappa shape index (κ1) is 17.0. The third-order valence-electron chi connectivity index (χ3n) is 3.68. The van der Waals surface area contributed by atoms with Crippen LogP contribution in [0.4, 0.5) is 0 Å². The number of carbonyl (C=O) groups excluding carboxylic acids is 3. The first-order valence-corrected chi connectivity index (χ1v) is 7.67. The van der Waals surface area contributed by atoms with E-state index < -0.39 is 17.9 Å². The van der Waals surface area contributed by atoms with E-state index in [1.807, 2.05) is 0 Å². The highest BCUT2D eigenvalue weighted by atomic mass is 16.7. The molecule has 1 fully saturated rings. The minimum Gasteiger partial charge on any atom is -0.341 e. The summed E-state index contributed by atoms with van der Waals surface area (Å²) in [6.07, 6.45) is 2.22. The molecule has 0 radical (unpaired) electrons. The van der Waals surface area contributed by atoms with Crippen LogP contribution >= 0.6 is 0 Å². The van der Waals surface area contributed by atoms with Crippen molar-refractivity contribution in [1.29, 1.82) is 0 Å². The Bertz CT molecular complexity index is 556. The highest BCUT2D eigenvalue weighted by Crippen LogP contribution is 2.10. The predicted octanol–water partition coefficient (Wildman–Crippen LogP) is 0.604. The summed E-state index contributed by atoms with van der Waals surface area (Å²) >= 11 is 0. The second kappa shape index (κ2) is 8.28. The average Bonchev–Trinajstić information content (AvgIpc) is 3.12.